The Hall–Kier alpha value is -0.670. The van der Waals surface area contributed by atoms with Crippen molar-refractivity contribution in [3.8, 4) is 0 Å². The minimum Gasteiger partial charge on any atom is -0.480 e. The van der Waals surface area contributed by atoms with Gasteiger partial charge in [0.2, 0.25) is 0 Å². The van der Waals surface area contributed by atoms with Crippen LogP contribution in [0.1, 0.15) is 13.3 Å². The summed E-state index contributed by atoms with van der Waals surface area (Å²) in [7, 11) is 0. The molecule has 1 aromatic carbocycles. The molecule has 2 nitrogen and oxygen atoms in total. The Morgan fingerprint density at radius 1 is 1.50 bits per heavy atom. The molecule has 76 valence electrons. The van der Waals surface area contributed by atoms with E-state index in [1.54, 1.807) is 12.1 Å². The Bertz CT molecular complexity index is 310. The Morgan fingerprint density at radius 3 is 2.50 bits per heavy atom. The maximum absolute atomic E-state index is 10.8. The Kier molecular flexibility index (Phi) is 4.29. The van der Waals surface area contributed by atoms with Crippen molar-refractivity contribution in [2.45, 2.75) is 23.5 Å². The molecule has 0 bridgehead atoms. The lowest BCUT2D eigenvalue weighted by Gasteiger charge is -2.08. The van der Waals surface area contributed by atoms with Crippen LogP contribution >= 0.6 is 23.4 Å². The summed E-state index contributed by atoms with van der Waals surface area (Å²) in [6.07, 6.45) is 0.614. The van der Waals surface area contributed by atoms with Gasteiger partial charge in [0.15, 0.2) is 0 Å². The summed E-state index contributed by atoms with van der Waals surface area (Å²) in [5, 5.41) is 9.13. The van der Waals surface area contributed by atoms with Crippen LogP contribution in [-0.4, -0.2) is 16.3 Å². The molecule has 1 rings (SSSR count). The highest BCUT2D eigenvalue weighted by molar-refractivity contribution is 8.00. The first kappa shape index (κ1) is 11.4. The van der Waals surface area contributed by atoms with Crippen molar-refractivity contribution < 1.29 is 9.90 Å². The van der Waals surface area contributed by atoms with Gasteiger partial charge >= 0.3 is 5.97 Å². The average molecular weight is 231 g/mol. The summed E-state index contributed by atoms with van der Waals surface area (Å²) in [4.78, 5) is 11.7. The Morgan fingerprint density at radius 2 is 2.07 bits per heavy atom. The van der Waals surface area contributed by atoms with E-state index in [4.69, 9.17) is 16.7 Å². The first-order valence-electron chi connectivity index (χ1n) is 4.28. The monoisotopic (exact) mass is 230 g/mol. The van der Waals surface area contributed by atoms with Crippen LogP contribution in [-0.2, 0) is 4.79 Å². The van der Waals surface area contributed by atoms with E-state index in [9.17, 15) is 4.79 Å². The van der Waals surface area contributed by atoms with Gasteiger partial charge in [-0.05, 0) is 30.7 Å². The number of thioether (sulfide) groups is 1. The van der Waals surface area contributed by atoms with E-state index in [0.717, 1.165) is 4.90 Å². The highest BCUT2D eigenvalue weighted by Crippen LogP contribution is 2.26. The third kappa shape index (κ3) is 3.24. The number of carboxylic acids is 1. The summed E-state index contributed by atoms with van der Waals surface area (Å²) < 4.78 is 0. The summed E-state index contributed by atoms with van der Waals surface area (Å²) in [6, 6.07) is 7.19. The number of aliphatic carboxylic acids is 1. The molecule has 0 spiro atoms. The molecule has 14 heavy (non-hydrogen) atoms. The first-order valence-corrected chi connectivity index (χ1v) is 5.54. The number of halogens is 1. The second-order valence-corrected chi connectivity index (χ2v) is 4.52. The molecule has 0 aromatic heterocycles. The zero-order valence-corrected chi connectivity index (χ0v) is 9.31. The summed E-state index contributed by atoms with van der Waals surface area (Å²) in [5.41, 5.74) is 0. The minimum atomic E-state index is -0.771. The zero-order valence-electron chi connectivity index (χ0n) is 7.74. The van der Waals surface area contributed by atoms with E-state index in [1.807, 2.05) is 19.1 Å². The van der Waals surface area contributed by atoms with E-state index < -0.39 is 5.97 Å². The summed E-state index contributed by atoms with van der Waals surface area (Å²) in [6.45, 7) is 1.86. The quantitative estimate of drug-likeness (QED) is 0.807. The number of carbonyl (C=O) groups is 1. The molecular formula is C10H11ClO2S. The fourth-order valence-electron chi connectivity index (χ4n) is 0.986. The van der Waals surface area contributed by atoms with Crippen LogP contribution in [0.3, 0.4) is 0 Å². The van der Waals surface area contributed by atoms with Crippen LogP contribution in [0, 0.1) is 0 Å². The molecule has 0 unspecified atom stereocenters. The second-order valence-electron chi connectivity index (χ2n) is 2.81. The molecule has 0 aliphatic heterocycles. The lowest BCUT2D eigenvalue weighted by Crippen LogP contribution is -2.14. The van der Waals surface area contributed by atoms with Crippen molar-refractivity contribution in [2.75, 3.05) is 0 Å². The van der Waals surface area contributed by atoms with E-state index >= 15 is 0 Å². The van der Waals surface area contributed by atoms with Gasteiger partial charge in [0.05, 0.1) is 0 Å². The highest BCUT2D eigenvalue weighted by atomic mass is 35.5. The molecule has 0 aliphatic rings. The van der Waals surface area contributed by atoms with Crippen LogP contribution in [0.15, 0.2) is 29.2 Å². The third-order valence-corrected chi connectivity index (χ3v) is 3.35. The number of hydrogen-bond donors (Lipinski definition) is 1. The molecule has 0 radical (unpaired) electrons. The van der Waals surface area contributed by atoms with Gasteiger partial charge in [-0.2, -0.15) is 0 Å². The first-order chi connectivity index (χ1) is 6.63. The van der Waals surface area contributed by atoms with Gasteiger partial charge in [-0.25, -0.2) is 0 Å². The third-order valence-electron chi connectivity index (χ3n) is 1.74. The van der Waals surface area contributed by atoms with Gasteiger partial charge in [-0.15, -0.1) is 11.8 Å². The predicted molar refractivity (Wildman–Crippen MR) is 59.0 cm³/mol. The number of rotatable bonds is 4. The maximum Gasteiger partial charge on any atom is 0.316 e. The second kappa shape index (κ2) is 5.27. The molecule has 0 fully saturated rings. The Balaban J connectivity index is 2.67. The van der Waals surface area contributed by atoms with Crippen molar-refractivity contribution in [2.24, 2.45) is 0 Å². The number of benzene rings is 1. The van der Waals surface area contributed by atoms with Crippen LogP contribution in [0.2, 0.25) is 5.02 Å². The fraction of sp³-hybridized carbons (Fsp3) is 0.300. The molecule has 1 aromatic rings. The molecular weight excluding hydrogens is 220 g/mol. The average Bonchev–Trinajstić information content (AvgIpc) is 2.16. The highest BCUT2D eigenvalue weighted by Gasteiger charge is 2.15. The molecule has 1 N–H and O–H groups in total. The fourth-order valence-corrected chi connectivity index (χ4v) is 2.00. The van der Waals surface area contributed by atoms with Crippen molar-refractivity contribution in [3.05, 3.63) is 29.3 Å². The molecule has 0 aliphatic carbocycles. The molecule has 0 amide bonds. The van der Waals surface area contributed by atoms with Gasteiger partial charge in [0.25, 0.3) is 0 Å². The van der Waals surface area contributed by atoms with Crippen molar-refractivity contribution in [3.63, 3.8) is 0 Å². The van der Waals surface area contributed by atoms with E-state index in [2.05, 4.69) is 0 Å². The van der Waals surface area contributed by atoms with Crippen molar-refractivity contribution in [1.29, 1.82) is 0 Å². The number of carboxylic acid groups (broad SMARTS) is 1. The van der Waals surface area contributed by atoms with Crippen molar-refractivity contribution in [1.82, 2.24) is 0 Å². The molecule has 0 heterocycles. The minimum absolute atomic E-state index is 0.379. The van der Waals surface area contributed by atoms with Gasteiger partial charge in [-0.1, -0.05) is 18.5 Å². The lowest BCUT2D eigenvalue weighted by molar-refractivity contribution is -0.136. The van der Waals surface area contributed by atoms with E-state index in [1.165, 1.54) is 11.8 Å². The topological polar surface area (TPSA) is 37.3 Å². The zero-order chi connectivity index (χ0) is 10.6. The summed E-state index contributed by atoms with van der Waals surface area (Å²) in [5.74, 6) is -0.771. The predicted octanol–water partition coefficient (Wildman–Crippen LogP) is 3.30. The molecule has 4 heteroatoms. The standard InChI is InChI=1S/C10H11ClO2S/c1-2-9(10(12)13)14-8-5-3-7(11)4-6-8/h3-6,9H,2H2,1H3,(H,12,13)/t9-/m1/s1. The number of hydrogen-bond acceptors (Lipinski definition) is 2. The van der Waals surface area contributed by atoms with Gasteiger partial charge in [-0.3, -0.25) is 4.79 Å². The lowest BCUT2D eigenvalue weighted by atomic mass is 10.3. The van der Waals surface area contributed by atoms with E-state index in [0.29, 0.717) is 11.4 Å². The Labute approximate surface area is 92.3 Å². The van der Waals surface area contributed by atoms with Gasteiger partial charge < -0.3 is 5.11 Å². The van der Waals surface area contributed by atoms with Crippen molar-refractivity contribution >= 4 is 29.3 Å². The normalized spacial score (nSPS) is 12.4. The van der Waals surface area contributed by atoms with Crippen LogP contribution < -0.4 is 0 Å². The molecule has 0 saturated heterocycles. The van der Waals surface area contributed by atoms with Crippen LogP contribution in [0.25, 0.3) is 0 Å². The van der Waals surface area contributed by atoms with Gasteiger partial charge in [0, 0.05) is 9.92 Å². The smallest absolute Gasteiger partial charge is 0.316 e. The van der Waals surface area contributed by atoms with Crippen LogP contribution in [0.5, 0.6) is 0 Å². The maximum atomic E-state index is 10.8. The molecule has 0 saturated carbocycles. The largest absolute Gasteiger partial charge is 0.480 e. The van der Waals surface area contributed by atoms with E-state index in [-0.39, 0.29) is 5.25 Å². The molecule has 1 atom stereocenters. The summed E-state index contributed by atoms with van der Waals surface area (Å²) >= 11 is 7.07. The van der Waals surface area contributed by atoms with Crippen LogP contribution in [0.4, 0.5) is 0 Å². The van der Waals surface area contributed by atoms with Gasteiger partial charge in [0.1, 0.15) is 5.25 Å². The SMILES string of the molecule is CC[C@@H](Sc1ccc(Cl)cc1)C(=O)O.